The highest BCUT2D eigenvalue weighted by Crippen LogP contribution is 2.20. The van der Waals surface area contributed by atoms with E-state index in [9.17, 15) is 4.79 Å². The Bertz CT molecular complexity index is 496. The molecule has 0 bridgehead atoms. The number of piperidine rings is 1. The van der Waals surface area contributed by atoms with Gasteiger partial charge in [0, 0.05) is 18.8 Å². The molecule has 4 N–H and O–H groups in total. The summed E-state index contributed by atoms with van der Waals surface area (Å²) in [7, 11) is 2.09. The second-order valence-electron chi connectivity index (χ2n) is 5.31. The van der Waals surface area contributed by atoms with Crippen molar-refractivity contribution in [2.45, 2.75) is 19.4 Å². The minimum atomic E-state index is -0.149. The molecule has 0 aromatic carbocycles. The highest BCUT2D eigenvalue weighted by atomic mass is 35.5. The number of rotatable bonds is 3. The molecule has 1 aliphatic rings. The summed E-state index contributed by atoms with van der Waals surface area (Å²) in [5.74, 6) is 5.89. The number of anilines is 1. The number of likely N-dealkylation sites (tertiary alicyclic amines) is 1. The Morgan fingerprint density at radius 3 is 2.95 bits per heavy atom. The highest BCUT2D eigenvalue weighted by Gasteiger charge is 2.26. The fraction of sp³-hybridized carbons (Fsp3) is 0.538. The number of nitrogens with zero attached hydrogens (tertiary/aromatic N) is 2. The van der Waals surface area contributed by atoms with Crippen molar-refractivity contribution in [3.63, 3.8) is 0 Å². The molecule has 7 heteroatoms. The average Bonchev–Trinajstić information content (AvgIpc) is 2.41. The van der Waals surface area contributed by atoms with Crippen molar-refractivity contribution in [3.8, 4) is 0 Å². The SMILES string of the molecule is CC1CN(C)CCC1NC(=O)c1cnc(NN)c(Cl)c1. The van der Waals surface area contributed by atoms with E-state index < -0.39 is 0 Å². The van der Waals surface area contributed by atoms with Crippen LogP contribution >= 0.6 is 11.6 Å². The van der Waals surface area contributed by atoms with Crippen LogP contribution in [0.1, 0.15) is 23.7 Å². The number of hydrazine groups is 1. The molecule has 2 rings (SSSR count). The molecule has 1 amide bonds. The largest absolute Gasteiger partial charge is 0.349 e. The summed E-state index contributed by atoms with van der Waals surface area (Å²) in [6.07, 6.45) is 2.42. The van der Waals surface area contributed by atoms with Crippen LogP contribution in [-0.2, 0) is 0 Å². The number of carbonyl (C=O) groups excluding carboxylic acids is 1. The van der Waals surface area contributed by atoms with Crippen molar-refractivity contribution < 1.29 is 4.79 Å². The van der Waals surface area contributed by atoms with Gasteiger partial charge in [-0.15, -0.1) is 0 Å². The summed E-state index contributed by atoms with van der Waals surface area (Å²) in [4.78, 5) is 18.5. The second-order valence-corrected chi connectivity index (χ2v) is 5.71. The molecular weight excluding hydrogens is 278 g/mol. The number of nitrogens with one attached hydrogen (secondary N) is 2. The first kappa shape index (κ1) is 15.0. The van der Waals surface area contributed by atoms with Gasteiger partial charge in [0.15, 0.2) is 5.82 Å². The molecule has 1 fully saturated rings. The van der Waals surface area contributed by atoms with Gasteiger partial charge in [-0.1, -0.05) is 18.5 Å². The van der Waals surface area contributed by atoms with Crippen LogP contribution in [0.15, 0.2) is 12.3 Å². The van der Waals surface area contributed by atoms with Crippen molar-refractivity contribution in [3.05, 3.63) is 22.8 Å². The molecule has 0 aliphatic carbocycles. The quantitative estimate of drug-likeness (QED) is 0.575. The van der Waals surface area contributed by atoms with E-state index in [-0.39, 0.29) is 11.9 Å². The molecule has 1 aliphatic heterocycles. The van der Waals surface area contributed by atoms with E-state index in [0.717, 1.165) is 19.5 Å². The third-order valence-electron chi connectivity index (χ3n) is 3.66. The maximum absolute atomic E-state index is 12.2. The molecule has 0 saturated carbocycles. The minimum Gasteiger partial charge on any atom is -0.349 e. The predicted octanol–water partition coefficient (Wildman–Crippen LogP) is 1.09. The van der Waals surface area contributed by atoms with E-state index in [4.69, 9.17) is 17.4 Å². The molecule has 1 aromatic rings. The zero-order valence-electron chi connectivity index (χ0n) is 11.7. The first-order chi connectivity index (χ1) is 9.51. The monoisotopic (exact) mass is 297 g/mol. The number of hydrogen-bond donors (Lipinski definition) is 3. The zero-order chi connectivity index (χ0) is 14.7. The second kappa shape index (κ2) is 6.39. The highest BCUT2D eigenvalue weighted by molar-refractivity contribution is 6.33. The van der Waals surface area contributed by atoms with E-state index in [2.05, 4.69) is 34.6 Å². The lowest BCUT2D eigenvalue weighted by atomic mass is 9.94. The Labute approximate surface area is 123 Å². The molecule has 110 valence electrons. The summed E-state index contributed by atoms with van der Waals surface area (Å²) in [5, 5.41) is 3.38. The minimum absolute atomic E-state index is 0.149. The summed E-state index contributed by atoms with van der Waals surface area (Å²) in [5.41, 5.74) is 2.82. The molecule has 2 atom stereocenters. The molecule has 0 radical (unpaired) electrons. The van der Waals surface area contributed by atoms with Crippen molar-refractivity contribution in [2.24, 2.45) is 11.8 Å². The maximum atomic E-state index is 12.2. The van der Waals surface area contributed by atoms with Gasteiger partial charge in [0.05, 0.1) is 10.6 Å². The Morgan fingerprint density at radius 1 is 1.60 bits per heavy atom. The first-order valence-corrected chi connectivity index (χ1v) is 7.00. The van der Waals surface area contributed by atoms with Gasteiger partial charge in [0.25, 0.3) is 5.91 Å². The van der Waals surface area contributed by atoms with Crippen LogP contribution in [0.2, 0.25) is 5.02 Å². The fourth-order valence-electron chi connectivity index (χ4n) is 2.49. The van der Waals surface area contributed by atoms with Crippen molar-refractivity contribution in [1.29, 1.82) is 0 Å². The number of pyridine rings is 1. The molecule has 2 heterocycles. The maximum Gasteiger partial charge on any atom is 0.253 e. The Hall–Kier alpha value is -1.37. The molecule has 6 nitrogen and oxygen atoms in total. The smallest absolute Gasteiger partial charge is 0.253 e. The van der Waals surface area contributed by atoms with Gasteiger partial charge in [-0.05, 0) is 32.0 Å². The first-order valence-electron chi connectivity index (χ1n) is 6.63. The topological polar surface area (TPSA) is 83.3 Å². The lowest BCUT2D eigenvalue weighted by molar-refractivity contribution is 0.0883. The number of aromatic nitrogens is 1. The van der Waals surface area contributed by atoms with Crippen LogP contribution in [-0.4, -0.2) is 42.0 Å². The third kappa shape index (κ3) is 3.39. The summed E-state index contributed by atoms with van der Waals surface area (Å²) >= 11 is 5.97. The normalized spacial score (nSPS) is 23.4. The molecule has 1 saturated heterocycles. The van der Waals surface area contributed by atoms with E-state index in [0.29, 0.717) is 22.3 Å². The molecule has 20 heavy (non-hydrogen) atoms. The number of hydrogen-bond acceptors (Lipinski definition) is 5. The molecule has 2 unspecified atom stereocenters. The van der Waals surface area contributed by atoms with Crippen LogP contribution in [0.25, 0.3) is 0 Å². The van der Waals surface area contributed by atoms with E-state index in [1.165, 1.54) is 6.20 Å². The zero-order valence-corrected chi connectivity index (χ0v) is 12.4. The number of amides is 1. The van der Waals surface area contributed by atoms with Crippen molar-refractivity contribution in [1.82, 2.24) is 15.2 Å². The van der Waals surface area contributed by atoms with Gasteiger partial charge in [0.2, 0.25) is 0 Å². The lowest BCUT2D eigenvalue weighted by Gasteiger charge is -2.35. The van der Waals surface area contributed by atoms with Gasteiger partial charge in [-0.3, -0.25) is 4.79 Å². The van der Waals surface area contributed by atoms with Crippen LogP contribution in [0.3, 0.4) is 0 Å². The van der Waals surface area contributed by atoms with Gasteiger partial charge in [-0.25, -0.2) is 10.8 Å². The lowest BCUT2D eigenvalue weighted by Crippen LogP contribution is -2.48. The average molecular weight is 298 g/mol. The molecular formula is C13H20ClN5O. The number of nitrogen functional groups attached to an aromatic ring is 1. The van der Waals surface area contributed by atoms with E-state index >= 15 is 0 Å². The summed E-state index contributed by atoms with van der Waals surface area (Å²) < 4.78 is 0. The number of carbonyl (C=O) groups is 1. The Balaban J connectivity index is 2.03. The number of nitrogens with two attached hydrogens (primary N) is 1. The molecule has 1 aromatic heterocycles. The van der Waals surface area contributed by atoms with Crippen molar-refractivity contribution in [2.75, 3.05) is 25.6 Å². The van der Waals surface area contributed by atoms with Gasteiger partial charge in [-0.2, -0.15) is 0 Å². The van der Waals surface area contributed by atoms with Crippen LogP contribution in [0.4, 0.5) is 5.82 Å². The third-order valence-corrected chi connectivity index (χ3v) is 3.95. The van der Waals surface area contributed by atoms with Crippen LogP contribution < -0.4 is 16.6 Å². The standard InChI is InChI=1S/C13H20ClN5O/c1-8-7-19(2)4-3-11(8)17-13(20)9-5-10(14)12(18-15)16-6-9/h5-6,8,11H,3-4,7,15H2,1-2H3,(H,16,18)(H,17,20). The fourth-order valence-corrected chi connectivity index (χ4v) is 2.71. The van der Waals surface area contributed by atoms with E-state index in [1.54, 1.807) is 6.07 Å². The predicted molar refractivity (Wildman–Crippen MR) is 79.6 cm³/mol. The van der Waals surface area contributed by atoms with Crippen LogP contribution in [0.5, 0.6) is 0 Å². The summed E-state index contributed by atoms with van der Waals surface area (Å²) in [6, 6.07) is 1.75. The van der Waals surface area contributed by atoms with Crippen LogP contribution in [0, 0.1) is 5.92 Å². The summed E-state index contributed by atoms with van der Waals surface area (Å²) in [6.45, 7) is 4.12. The van der Waals surface area contributed by atoms with Gasteiger partial charge in [0.1, 0.15) is 0 Å². The van der Waals surface area contributed by atoms with E-state index in [1.807, 2.05) is 0 Å². The van der Waals surface area contributed by atoms with Crippen molar-refractivity contribution >= 4 is 23.3 Å². The Morgan fingerprint density at radius 2 is 2.35 bits per heavy atom. The number of halogens is 1. The van der Waals surface area contributed by atoms with Gasteiger partial charge < -0.3 is 15.6 Å². The van der Waals surface area contributed by atoms with Gasteiger partial charge >= 0.3 is 0 Å². The Kier molecular flexibility index (Phi) is 4.80. The molecule has 0 spiro atoms.